The van der Waals surface area contributed by atoms with Crippen molar-refractivity contribution in [1.82, 2.24) is 20.3 Å². The molecule has 1 saturated heterocycles. The Balaban J connectivity index is 1.70. The fraction of sp³-hybridized carbons (Fsp3) is 0.765. The molecule has 2 aliphatic rings. The summed E-state index contributed by atoms with van der Waals surface area (Å²) in [6.07, 6.45) is 7.96. The van der Waals surface area contributed by atoms with Crippen molar-refractivity contribution in [2.24, 2.45) is 5.92 Å². The highest BCUT2D eigenvalue weighted by Crippen LogP contribution is 2.24. The topological polar surface area (TPSA) is 74.2 Å². The van der Waals surface area contributed by atoms with Crippen LogP contribution in [0.1, 0.15) is 50.8 Å². The van der Waals surface area contributed by atoms with E-state index in [0.29, 0.717) is 18.3 Å². The largest absolute Gasteiger partial charge is 0.349 e. The molecule has 1 N–H and O–H groups in total. The van der Waals surface area contributed by atoms with Crippen LogP contribution < -0.4 is 15.1 Å². The zero-order chi connectivity index (χ0) is 16.9. The summed E-state index contributed by atoms with van der Waals surface area (Å²) in [4.78, 5) is 30.0. The highest BCUT2D eigenvalue weighted by Gasteiger charge is 2.23. The van der Waals surface area contributed by atoms with Crippen molar-refractivity contribution in [1.29, 1.82) is 0 Å². The number of carbonyl (C=O) groups is 1. The van der Waals surface area contributed by atoms with Gasteiger partial charge in [-0.15, -0.1) is 0 Å². The third-order valence-electron chi connectivity index (χ3n) is 4.84. The SMILES string of the molecule is CN(C)c1nc(CNC(=O)C2CCCC2)nc(N2CCCCC2)n1. The van der Waals surface area contributed by atoms with E-state index in [1.807, 2.05) is 19.0 Å². The van der Waals surface area contributed by atoms with Crippen LogP contribution in [0.25, 0.3) is 0 Å². The highest BCUT2D eigenvalue weighted by atomic mass is 16.1. The van der Waals surface area contributed by atoms with Crippen molar-refractivity contribution in [3.63, 3.8) is 0 Å². The maximum absolute atomic E-state index is 12.2. The van der Waals surface area contributed by atoms with E-state index in [2.05, 4.69) is 25.2 Å². The molecule has 0 radical (unpaired) electrons. The molecule has 1 saturated carbocycles. The molecule has 1 aromatic heterocycles. The number of aromatic nitrogens is 3. The Kier molecular flexibility index (Phi) is 5.48. The van der Waals surface area contributed by atoms with Gasteiger partial charge < -0.3 is 15.1 Å². The number of hydrogen-bond acceptors (Lipinski definition) is 6. The van der Waals surface area contributed by atoms with Crippen molar-refractivity contribution >= 4 is 17.8 Å². The number of carbonyl (C=O) groups excluding carboxylic acids is 1. The Labute approximate surface area is 143 Å². The maximum Gasteiger partial charge on any atom is 0.230 e. The van der Waals surface area contributed by atoms with Crippen molar-refractivity contribution in [3.05, 3.63) is 5.82 Å². The molecular formula is C17H28N6O. The lowest BCUT2D eigenvalue weighted by Gasteiger charge is -2.27. The highest BCUT2D eigenvalue weighted by molar-refractivity contribution is 5.78. The number of hydrogen-bond donors (Lipinski definition) is 1. The summed E-state index contributed by atoms with van der Waals surface area (Å²) in [6, 6.07) is 0. The lowest BCUT2D eigenvalue weighted by Crippen LogP contribution is -2.33. The first kappa shape index (κ1) is 16.9. The zero-order valence-electron chi connectivity index (χ0n) is 14.8. The first-order chi connectivity index (χ1) is 11.6. The third kappa shape index (κ3) is 4.13. The average molecular weight is 332 g/mol. The summed E-state index contributed by atoms with van der Waals surface area (Å²) in [5, 5.41) is 3.01. The Morgan fingerprint density at radius 3 is 2.46 bits per heavy atom. The molecule has 0 atom stereocenters. The second-order valence-corrected chi connectivity index (χ2v) is 6.99. The van der Waals surface area contributed by atoms with Gasteiger partial charge in [-0.1, -0.05) is 12.8 Å². The van der Waals surface area contributed by atoms with E-state index >= 15 is 0 Å². The standard InChI is InChI=1S/C17H28N6O/c1-22(2)16-19-14(12-18-15(24)13-8-4-5-9-13)20-17(21-16)23-10-6-3-7-11-23/h13H,3-12H2,1-2H3,(H,18,24). The second kappa shape index (κ2) is 7.77. The Morgan fingerprint density at radius 1 is 1.08 bits per heavy atom. The molecule has 0 unspecified atom stereocenters. The van der Waals surface area contributed by atoms with Crippen molar-refractivity contribution in [2.45, 2.75) is 51.5 Å². The van der Waals surface area contributed by atoms with Gasteiger partial charge in [0.25, 0.3) is 0 Å². The molecule has 1 aromatic rings. The van der Waals surface area contributed by atoms with Gasteiger partial charge in [0.05, 0.1) is 6.54 Å². The molecule has 24 heavy (non-hydrogen) atoms. The van der Waals surface area contributed by atoms with E-state index < -0.39 is 0 Å². The molecule has 132 valence electrons. The Hall–Kier alpha value is -1.92. The third-order valence-corrected chi connectivity index (χ3v) is 4.84. The normalized spacial score (nSPS) is 18.7. The zero-order valence-corrected chi connectivity index (χ0v) is 14.8. The molecule has 1 amide bonds. The van der Waals surface area contributed by atoms with Gasteiger partial charge in [0.15, 0.2) is 5.82 Å². The molecule has 3 rings (SSSR count). The number of nitrogens with one attached hydrogen (secondary N) is 1. The Morgan fingerprint density at radius 2 is 1.79 bits per heavy atom. The first-order valence-electron chi connectivity index (χ1n) is 9.08. The predicted octanol–water partition coefficient (Wildman–Crippen LogP) is 1.73. The summed E-state index contributed by atoms with van der Waals surface area (Å²) in [6.45, 7) is 2.36. The quantitative estimate of drug-likeness (QED) is 0.885. The minimum absolute atomic E-state index is 0.138. The van der Waals surface area contributed by atoms with E-state index in [1.165, 1.54) is 19.3 Å². The van der Waals surface area contributed by atoms with E-state index in [4.69, 9.17) is 0 Å². The lowest BCUT2D eigenvalue weighted by molar-refractivity contribution is -0.125. The monoisotopic (exact) mass is 332 g/mol. The smallest absolute Gasteiger partial charge is 0.230 e. The van der Waals surface area contributed by atoms with Gasteiger partial charge in [-0.05, 0) is 32.1 Å². The van der Waals surface area contributed by atoms with Gasteiger partial charge in [0.1, 0.15) is 0 Å². The van der Waals surface area contributed by atoms with Crippen molar-refractivity contribution < 1.29 is 4.79 Å². The average Bonchev–Trinajstić information content (AvgIpc) is 3.15. The number of nitrogens with zero attached hydrogens (tertiary/aromatic N) is 5. The van der Waals surface area contributed by atoms with Gasteiger partial charge in [-0.25, -0.2) is 0 Å². The van der Waals surface area contributed by atoms with Gasteiger partial charge in [-0.2, -0.15) is 15.0 Å². The second-order valence-electron chi connectivity index (χ2n) is 6.99. The van der Waals surface area contributed by atoms with E-state index in [-0.39, 0.29) is 11.8 Å². The van der Waals surface area contributed by atoms with Crippen LogP contribution in [0.5, 0.6) is 0 Å². The summed E-state index contributed by atoms with van der Waals surface area (Å²) >= 11 is 0. The maximum atomic E-state index is 12.2. The minimum atomic E-state index is 0.138. The van der Waals surface area contributed by atoms with Crippen molar-refractivity contribution in [3.8, 4) is 0 Å². The predicted molar refractivity (Wildman–Crippen MR) is 94.0 cm³/mol. The summed E-state index contributed by atoms with van der Waals surface area (Å²) in [7, 11) is 3.85. The van der Waals surface area contributed by atoms with E-state index in [1.54, 1.807) is 0 Å². The van der Waals surface area contributed by atoms with Crippen LogP contribution in [-0.2, 0) is 11.3 Å². The van der Waals surface area contributed by atoms with Crippen LogP contribution in [-0.4, -0.2) is 48.0 Å². The molecule has 0 bridgehead atoms. The fourth-order valence-corrected chi connectivity index (χ4v) is 3.41. The molecule has 7 nitrogen and oxygen atoms in total. The van der Waals surface area contributed by atoms with Crippen molar-refractivity contribution in [2.75, 3.05) is 37.0 Å². The van der Waals surface area contributed by atoms with E-state index in [9.17, 15) is 4.79 Å². The van der Waals surface area contributed by atoms with Crippen LogP contribution in [0.4, 0.5) is 11.9 Å². The molecule has 2 fully saturated rings. The van der Waals surface area contributed by atoms with Crippen LogP contribution in [0.3, 0.4) is 0 Å². The lowest BCUT2D eigenvalue weighted by atomic mass is 10.1. The molecule has 1 aliphatic carbocycles. The summed E-state index contributed by atoms with van der Waals surface area (Å²) in [5.74, 6) is 2.33. The molecule has 0 aromatic carbocycles. The molecule has 0 spiro atoms. The van der Waals surface area contributed by atoms with Crippen LogP contribution in [0.15, 0.2) is 0 Å². The van der Waals surface area contributed by atoms with Gasteiger partial charge in [0, 0.05) is 33.1 Å². The summed E-state index contributed by atoms with van der Waals surface area (Å²) < 4.78 is 0. The minimum Gasteiger partial charge on any atom is -0.349 e. The first-order valence-corrected chi connectivity index (χ1v) is 9.08. The molecule has 1 aliphatic heterocycles. The Bertz CT molecular complexity index is 564. The van der Waals surface area contributed by atoms with Gasteiger partial charge >= 0.3 is 0 Å². The van der Waals surface area contributed by atoms with Gasteiger partial charge in [0.2, 0.25) is 17.8 Å². The molecule has 2 heterocycles. The van der Waals surface area contributed by atoms with Crippen LogP contribution in [0, 0.1) is 5.92 Å². The molecule has 7 heteroatoms. The summed E-state index contributed by atoms with van der Waals surface area (Å²) in [5.41, 5.74) is 0. The fourth-order valence-electron chi connectivity index (χ4n) is 3.41. The van der Waals surface area contributed by atoms with E-state index in [0.717, 1.165) is 44.7 Å². The molecular weight excluding hydrogens is 304 g/mol. The van der Waals surface area contributed by atoms with Gasteiger partial charge in [-0.3, -0.25) is 4.79 Å². The van der Waals surface area contributed by atoms with Crippen LogP contribution >= 0.6 is 0 Å². The number of piperidine rings is 1. The number of anilines is 2. The number of amides is 1. The van der Waals surface area contributed by atoms with Crippen LogP contribution in [0.2, 0.25) is 0 Å². The number of rotatable bonds is 5.